The zero-order valence-electron chi connectivity index (χ0n) is 12.7. The fraction of sp³-hybridized carbons (Fsp3) is 0.438. The van der Waals surface area contributed by atoms with Crippen molar-refractivity contribution in [1.29, 1.82) is 0 Å². The maximum absolute atomic E-state index is 13.4. The molecule has 0 saturated carbocycles. The van der Waals surface area contributed by atoms with E-state index in [1.807, 2.05) is 24.7 Å². The highest BCUT2D eigenvalue weighted by molar-refractivity contribution is 5.67. The van der Waals surface area contributed by atoms with Crippen LogP contribution in [-0.4, -0.2) is 16.4 Å². The van der Waals surface area contributed by atoms with Crippen LogP contribution < -0.4 is 4.74 Å². The van der Waals surface area contributed by atoms with Gasteiger partial charge in [-0.3, -0.25) is 4.68 Å². The summed E-state index contributed by atoms with van der Waals surface area (Å²) in [6.07, 6.45) is 0. The van der Waals surface area contributed by atoms with E-state index in [2.05, 4.69) is 25.9 Å². The lowest BCUT2D eigenvalue weighted by Crippen LogP contribution is -2.16. The number of aryl methyl sites for hydroxylation is 1. The summed E-state index contributed by atoms with van der Waals surface area (Å²) in [6.45, 7) is 8.80. The molecule has 0 amide bonds. The second kappa shape index (κ2) is 5.27. The van der Waals surface area contributed by atoms with E-state index < -0.39 is 0 Å². The highest BCUT2D eigenvalue weighted by atomic mass is 19.1. The van der Waals surface area contributed by atoms with Gasteiger partial charge in [-0.2, -0.15) is 5.10 Å². The minimum Gasteiger partial charge on any atom is -0.493 e. The first-order valence-corrected chi connectivity index (χ1v) is 6.80. The molecule has 1 heterocycles. The van der Waals surface area contributed by atoms with Gasteiger partial charge in [0.25, 0.3) is 0 Å². The lowest BCUT2D eigenvalue weighted by Gasteiger charge is -2.17. The largest absolute Gasteiger partial charge is 0.493 e. The molecular formula is C16H21FN2O. The van der Waals surface area contributed by atoms with Crippen molar-refractivity contribution in [2.24, 2.45) is 7.05 Å². The van der Waals surface area contributed by atoms with Crippen molar-refractivity contribution in [2.75, 3.05) is 6.61 Å². The highest BCUT2D eigenvalue weighted by Crippen LogP contribution is 2.33. The standard InChI is InChI=1S/C16H21FN2O/c1-6-20-14-9-11(17)7-8-12(14)13-10-15(16(2,3)4)19(5)18-13/h7-10H,6H2,1-5H3. The van der Waals surface area contributed by atoms with Crippen LogP contribution in [0.25, 0.3) is 11.3 Å². The molecule has 0 aliphatic rings. The Labute approximate surface area is 119 Å². The van der Waals surface area contributed by atoms with Crippen molar-refractivity contribution in [1.82, 2.24) is 9.78 Å². The topological polar surface area (TPSA) is 27.1 Å². The number of rotatable bonds is 3. The molecule has 0 fully saturated rings. The second-order valence-corrected chi connectivity index (χ2v) is 5.86. The molecule has 0 aliphatic heterocycles. The van der Waals surface area contributed by atoms with Crippen molar-refractivity contribution in [3.05, 3.63) is 35.8 Å². The minimum absolute atomic E-state index is 0.00576. The van der Waals surface area contributed by atoms with Gasteiger partial charge >= 0.3 is 0 Å². The van der Waals surface area contributed by atoms with Gasteiger partial charge in [0.05, 0.1) is 12.3 Å². The minimum atomic E-state index is -0.302. The van der Waals surface area contributed by atoms with Crippen LogP contribution >= 0.6 is 0 Å². The molecular weight excluding hydrogens is 255 g/mol. The van der Waals surface area contributed by atoms with Gasteiger partial charge in [0, 0.05) is 29.8 Å². The number of nitrogens with zero attached hydrogens (tertiary/aromatic N) is 2. The van der Waals surface area contributed by atoms with Gasteiger partial charge in [0.1, 0.15) is 11.6 Å². The maximum atomic E-state index is 13.4. The number of hydrogen-bond donors (Lipinski definition) is 0. The van der Waals surface area contributed by atoms with E-state index in [4.69, 9.17) is 4.74 Å². The van der Waals surface area contributed by atoms with Crippen molar-refractivity contribution in [2.45, 2.75) is 33.1 Å². The predicted octanol–water partition coefficient (Wildman–Crippen LogP) is 3.92. The number of benzene rings is 1. The monoisotopic (exact) mass is 276 g/mol. The molecule has 0 atom stereocenters. The second-order valence-electron chi connectivity index (χ2n) is 5.86. The first-order chi connectivity index (χ1) is 9.32. The van der Waals surface area contributed by atoms with Crippen molar-refractivity contribution >= 4 is 0 Å². The molecule has 0 aliphatic carbocycles. The molecule has 2 rings (SSSR count). The smallest absolute Gasteiger partial charge is 0.131 e. The Morgan fingerprint density at radius 1 is 1.25 bits per heavy atom. The van der Waals surface area contributed by atoms with Crippen LogP contribution in [0.15, 0.2) is 24.3 Å². The number of ether oxygens (including phenoxy) is 1. The number of hydrogen-bond acceptors (Lipinski definition) is 2. The van der Waals surface area contributed by atoms with Gasteiger partial charge in [-0.25, -0.2) is 4.39 Å². The summed E-state index contributed by atoms with van der Waals surface area (Å²) >= 11 is 0. The third-order valence-corrected chi connectivity index (χ3v) is 3.17. The molecule has 108 valence electrons. The maximum Gasteiger partial charge on any atom is 0.131 e. The molecule has 1 aromatic carbocycles. The summed E-state index contributed by atoms with van der Waals surface area (Å²) in [6, 6.07) is 6.60. The predicted molar refractivity (Wildman–Crippen MR) is 78.5 cm³/mol. The molecule has 0 bridgehead atoms. The lowest BCUT2D eigenvalue weighted by atomic mass is 9.91. The van der Waals surface area contributed by atoms with E-state index in [-0.39, 0.29) is 11.2 Å². The van der Waals surface area contributed by atoms with Gasteiger partial charge in [0.2, 0.25) is 0 Å². The molecule has 20 heavy (non-hydrogen) atoms. The first-order valence-electron chi connectivity index (χ1n) is 6.80. The van der Waals surface area contributed by atoms with Crippen molar-refractivity contribution in [3.8, 4) is 17.0 Å². The highest BCUT2D eigenvalue weighted by Gasteiger charge is 2.21. The Morgan fingerprint density at radius 3 is 2.50 bits per heavy atom. The third kappa shape index (κ3) is 2.84. The fourth-order valence-electron chi connectivity index (χ4n) is 2.28. The number of halogens is 1. The van der Waals surface area contributed by atoms with Crippen LogP contribution in [0.2, 0.25) is 0 Å². The van der Waals surface area contributed by atoms with Crippen LogP contribution in [0.1, 0.15) is 33.4 Å². The van der Waals surface area contributed by atoms with Crippen molar-refractivity contribution < 1.29 is 9.13 Å². The Morgan fingerprint density at radius 2 is 1.95 bits per heavy atom. The third-order valence-electron chi connectivity index (χ3n) is 3.17. The van der Waals surface area contributed by atoms with Crippen LogP contribution in [-0.2, 0) is 12.5 Å². The first kappa shape index (κ1) is 14.6. The summed E-state index contributed by atoms with van der Waals surface area (Å²) in [4.78, 5) is 0. The Hall–Kier alpha value is -1.84. The lowest BCUT2D eigenvalue weighted by molar-refractivity contribution is 0.339. The molecule has 2 aromatic rings. The average Bonchev–Trinajstić information content (AvgIpc) is 2.71. The van der Waals surface area contributed by atoms with E-state index in [0.29, 0.717) is 12.4 Å². The van der Waals surface area contributed by atoms with Gasteiger partial charge in [-0.15, -0.1) is 0 Å². The van der Waals surface area contributed by atoms with E-state index >= 15 is 0 Å². The van der Waals surface area contributed by atoms with Crippen molar-refractivity contribution in [3.63, 3.8) is 0 Å². The Bertz CT molecular complexity index is 611. The molecule has 1 aromatic heterocycles. The fourth-order valence-corrected chi connectivity index (χ4v) is 2.28. The molecule has 0 unspecified atom stereocenters. The molecule has 0 N–H and O–H groups in total. The zero-order chi connectivity index (χ0) is 14.9. The molecule has 4 heteroatoms. The number of aromatic nitrogens is 2. The van der Waals surface area contributed by atoms with Crippen LogP contribution in [0.4, 0.5) is 4.39 Å². The van der Waals surface area contributed by atoms with Gasteiger partial charge in [-0.1, -0.05) is 20.8 Å². The average molecular weight is 276 g/mol. The van der Waals surface area contributed by atoms with Gasteiger partial charge in [0.15, 0.2) is 0 Å². The van der Waals surface area contributed by atoms with Crippen LogP contribution in [0, 0.1) is 5.82 Å². The van der Waals surface area contributed by atoms with E-state index in [1.54, 1.807) is 6.07 Å². The normalized spacial score (nSPS) is 11.7. The SMILES string of the molecule is CCOc1cc(F)ccc1-c1cc(C(C)(C)C)n(C)n1. The van der Waals surface area contributed by atoms with E-state index in [9.17, 15) is 4.39 Å². The summed E-state index contributed by atoms with van der Waals surface area (Å²) in [7, 11) is 1.92. The summed E-state index contributed by atoms with van der Waals surface area (Å²) in [5, 5.41) is 4.53. The van der Waals surface area contributed by atoms with Crippen LogP contribution in [0.3, 0.4) is 0 Å². The molecule has 0 spiro atoms. The quantitative estimate of drug-likeness (QED) is 0.849. The zero-order valence-corrected chi connectivity index (χ0v) is 12.7. The molecule has 3 nitrogen and oxygen atoms in total. The van der Waals surface area contributed by atoms with E-state index in [1.165, 1.54) is 12.1 Å². The summed E-state index contributed by atoms with van der Waals surface area (Å²) in [5.74, 6) is 0.232. The molecule has 0 saturated heterocycles. The van der Waals surface area contributed by atoms with Gasteiger partial charge in [-0.05, 0) is 25.1 Å². The van der Waals surface area contributed by atoms with Crippen LogP contribution in [0.5, 0.6) is 5.75 Å². The molecule has 0 radical (unpaired) electrons. The van der Waals surface area contributed by atoms with E-state index in [0.717, 1.165) is 17.0 Å². The summed E-state index contributed by atoms with van der Waals surface area (Å²) < 4.78 is 20.7. The summed E-state index contributed by atoms with van der Waals surface area (Å²) in [5.41, 5.74) is 2.76. The Kier molecular flexibility index (Phi) is 3.84. The van der Waals surface area contributed by atoms with Gasteiger partial charge < -0.3 is 4.74 Å². The Balaban J connectivity index is 2.52.